The maximum absolute atomic E-state index is 4.51. The summed E-state index contributed by atoms with van der Waals surface area (Å²) in [7, 11) is 15.7. The highest BCUT2D eigenvalue weighted by atomic mass is 15.4. The van der Waals surface area contributed by atoms with Crippen molar-refractivity contribution in [1.82, 2.24) is 9.80 Å². The van der Waals surface area contributed by atoms with Crippen LogP contribution < -0.4 is 9.80 Å². The number of hydrogen-bond donors (Lipinski definition) is 0. The zero-order valence-corrected chi connectivity index (χ0v) is 18.3. The van der Waals surface area contributed by atoms with E-state index in [1.165, 1.54) is 0 Å². The van der Waals surface area contributed by atoms with Crippen LogP contribution in [0.25, 0.3) is 11.1 Å². The third-order valence-corrected chi connectivity index (χ3v) is 4.60. The molecule has 0 saturated heterocycles. The van der Waals surface area contributed by atoms with Gasteiger partial charge in [-0.15, -0.1) is 0 Å². The molecule has 2 aromatic rings. The molecule has 0 fully saturated rings. The molecule has 0 N–H and O–H groups in total. The summed E-state index contributed by atoms with van der Waals surface area (Å²) in [5.74, 6) is 1.75. The molecule has 6 nitrogen and oxygen atoms in total. The first-order valence-corrected chi connectivity index (χ1v) is 9.27. The maximum Gasteiger partial charge on any atom is 0.200 e. The van der Waals surface area contributed by atoms with Gasteiger partial charge in [-0.3, -0.25) is 9.98 Å². The molecule has 6 heteroatoms. The van der Waals surface area contributed by atoms with Crippen molar-refractivity contribution in [3.8, 4) is 11.1 Å². The number of hydrogen-bond acceptors (Lipinski definition) is 2. The topological polar surface area (TPSA) is 37.7 Å². The van der Waals surface area contributed by atoms with Crippen LogP contribution in [-0.4, -0.2) is 78.1 Å². The number of rotatable bonds is 3. The van der Waals surface area contributed by atoms with Crippen molar-refractivity contribution < 1.29 is 0 Å². The minimum Gasteiger partial charge on any atom is -0.349 e. The van der Waals surface area contributed by atoms with Gasteiger partial charge in [0.25, 0.3) is 0 Å². The Bertz CT molecular complexity index is 839. The summed E-state index contributed by atoms with van der Waals surface area (Å²) < 4.78 is 0. The lowest BCUT2D eigenvalue weighted by atomic mass is 10.0. The summed E-state index contributed by atoms with van der Waals surface area (Å²) in [4.78, 5) is 17.3. The van der Waals surface area contributed by atoms with Gasteiger partial charge in [-0.2, -0.15) is 0 Å². The van der Waals surface area contributed by atoms with Gasteiger partial charge in [0.1, 0.15) is 0 Å². The second-order valence-corrected chi connectivity index (χ2v) is 6.99. The Morgan fingerprint density at radius 1 is 0.643 bits per heavy atom. The lowest BCUT2D eigenvalue weighted by molar-refractivity contribution is 0.605. The van der Waals surface area contributed by atoms with Crippen molar-refractivity contribution in [2.24, 2.45) is 9.98 Å². The Hall–Kier alpha value is -3.02. The Balaban J connectivity index is 2.76. The van der Waals surface area contributed by atoms with E-state index in [-0.39, 0.29) is 0 Å². The zero-order chi connectivity index (χ0) is 20.8. The first kappa shape index (κ1) is 21.3. The second-order valence-electron chi connectivity index (χ2n) is 6.99. The molecule has 0 aliphatic rings. The molecule has 0 atom stereocenters. The molecule has 2 aromatic carbocycles. The highest BCUT2D eigenvalue weighted by Gasteiger charge is 2.23. The monoisotopic (exact) mass is 380 g/mol. The molecule has 0 aliphatic heterocycles. The molecular formula is C22H32N6. The fourth-order valence-corrected chi connectivity index (χ4v) is 3.51. The highest BCUT2D eigenvalue weighted by Crippen LogP contribution is 2.39. The van der Waals surface area contributed by atoms with E-state index in [9.17, 15) is 0 Å². The quantitative estimate of drug-likeness (QED) is 0.605. The van der Waals surface area contributed by atoms with Crippen molar-refractivity contribution in [2.45, 2.75) is 0 Å². The maximum atomic E-state index is 4.51. The number of guanidine groups is 2. The van der Waals surface area contributed by atoms with Gasteiger partial charge >= 0.3 is 0 Å². The fourth-order valence-electron chi connectivity index (χ4n) is 3.51. The normalized spacial score (nSPS) is 12.0. The minimum absolute atomic E-state index is 0.873. The van der Waals surface area contributed by atoms with Gasteiger partial charge in [0.2, 0.25) is 0 Å². The van der Waals surface area contributed by atoms with Gasteiger partial charge in [0, 0.05) is 61.9 Å². The van der Waals surface area contributed by atoms with Crippen LogP contribution in [0, 0.1) is 0 Å². The zero-order valence-electron chi connectivity index (χ0n) is 18.3. The molecule has 150 valence electrons. The molecule has 0 bridgehead atoms. The van der Waals surface area contributed by atoms with Crippen molar-refractivity contribution in [1.29, 1.82) is 0 Å². The Morgan fingerprint density at radius 2 is 1.18 bits per heavy atom. The van der Waals surface area contributed by atoms with E-state index in [0.29, 0.717) is 0 Å². The van der Waals surface area contributed by atoms with Crippen LogP contribution in [0.5, 0.6) is 0 Å². The van der Waals surface area contributed by atoms with Gasteiger partial charge in [0.05, 0.1) is 11.4 Å². The number of anilines is 2. The summed E-state index contributed by atoms with van der Waals surface area (Å²) in [6.45, 7) is 0. The number of benzene rings is 2. The van der Waals surface area contributed by atoms with E-state index in [1.54, 1.807) is 0 Å². The lowest BCUT2D eigenvalue weighted by Crippen LogP contribution is -2.41. The molecular weight excluding hydrogens is 348 g/mol. The van der Waals surface area contributed by atoms with Crippen LogP contribution in [-0.2, 0) is 0 Å². The van der Waals surface area contributed by atoms with E-state index >= 15 is 0 Å². The first-order chi connectivity index (χ1) is 13.3. The van der Waals surface area contributed by atoms with Crippen LogP contribution in [0.4, 0.5) is 11.4 Å². The first-order valence-electron chi connectivity index (χ1n) is 9.27. The predicted molar refractivity (Wildman–Crippen MR) is 123 cm³/mol. The third kappa shape index (κ3) is 4.27. The van der Waals surface area contributed by atoms with Crippen molar-refractivity contribution in [3.63, 3.8) is 0 Å². The predicted octanol–water partition coefficient (Wildman–Crippen LogP) is 3.32. The van der Waals surface area contributed by atoms with E-state index < -0.39 is 0 Å². The van der Waals surface area contributed by atoms with E-state index in [2.05, 4.69) is 69.3 Å². The summed E-state index contributed by atoms with van der Waals surface area (Å²) in [6, 6.07) is 16.8. The van der Waals surface area contributed by atoms with E-state index in [0.717, 1.165) is 34.4 Å². The standard InChI is InChI=1S/C22H32N6/c1-23-21(25(3)4)27(7)19-16-12-15-18(17-13-10-9-11-14-17)20(19)28(8)22(24-2)26(5)6/h9-16H,1-8H3. The highest BCUT2D eigenvalue weighted by molar-refractivity contribution is 6.07. The van der Waals surface area contributed by atoms with Gasteiger partial charge in [-0.1, -0.05) is 42.5 Å². The largest absolute Gasteiger partial charge is 0.349 e. The summed E-state index contributed by atoms with van der Waals surface area (Å²) in [5, 5.41) is 0. The number of aliphatic imine (C=N–C) groups is 2. The molecule has 0 spiro atoms. The van der Waals surface area contributed by atoms with Crippen LogP contribution in [0.15, 0.2) is 58.5 Å². The summed E-state index contributed by atoms with van der Waals surface area (Å²) >= 11 is 0. The molecule has 0 saturated carbocycles. The van der Waals surface area contributed by atoms with E-state index in [1.807, 2.05) is 65.2 Å². The summed E-state index contributed by atoms with van der Waals surface area (Å²) in [6.07, 6.45) is 0. The smallest absolute Gasteiger partial charge is 0.200 e. The summed E-state index contributed by atoms with van der Waals surface area (Å²) in [5.41, 5.74) is 4.44. The molecule has 0 aliphatic carbocycles. The molecule has 0 unspecified atom stereocenters. The number of nitrogens with zero attached hydrogens (tertiary/aromatic N) is 6. The van der Waals surface area contributed by atoms with Gasteiger partial charge in [0.15, 0.2) is 11.9 Å². The molecule has 0 radical (unpaired) electrons. The average Bonchev–Trinajstić information content (AvgIpc) is 2.68. The Kier molecular flexibility index (Phi) is 7.04. The van der Waals surface area contributed by atoms with Crippen LogP contribution in [0.1, 0.15) is 0 Å². The molecule has 0 amide bonds. The van der Waals surface area contributed by atoms with Crippen molar-refractivity contribution in [3.05, 3.63) is 48.5 Å². The van der Waals surface area contributed by atoms with Crippen LogP contribution in [0.2, 0.25) is 0 Å². The number of para-hydroxylation sites is 1. The van der Waals surface area contributed by atoms with Crippen molar-refractivity contribution in [2.75, 3.05) is 66.2 Å². The van der Waals surface area contributed by atoms with Crippen LogP contribution in [0.3, 0.4) is 0 Å². The SMILES string of the molecule is CN=C(N(C)C)N(C)c1cccc(-c2ccccc2)c1N(C)C(=NC)N(C)C. The molecule has 0 heterocycles. The molecule has 2 rings (SSSR count). The van der Waals surface area contributed by atoms with E-state index in [4.69, 9.17) is 0 Å². The van der Waals surface area contributed by atoms with Crippen molar-refractivity contribution >= 4 is 23.3 Å². The fraction of sp³-hybridized carbons (Fsp3) is 0.364. The molecule has 28 heavy (non-hydrogen) atoms. The average molecular weight is 381 g/mol. The van der Waals surface area contributed by atoms with Crippen LogP contribution >= 0.6 is 0 Å². The van der Waals surface area contributed by atoms with Gasteiger partial charge in [-0.25, -0.2) is 0 Å². The van der Waals surface area contributed by atoms with Gasteiger partial charge in [-0.05, 0) is 11.6 Å². The Labute approximate surface area is 169 Å². The Morgan fingerprint density at radius 3 is 1.68 bits per heavy atom. The lowest BCUT2D eigenvalue weighted by Gasteiger charge is -2.34. The van der Waals surface area contributed by atoms with Gasteiger partial charge < -0.3 is 19.6 Å². The minimum atomic E-state index is 0.873. The third-order valence-electron chi connectivity index (χ3n) is 4.60. The molecule has 0 aromatic heterocycles. The second kappa shape index (κ2) is 9.26.